The minimum absolute atomic E-state index is 0.0000635. The molecule has 2 amide bonds. The van der Waals surface area contributed by atoms with Crippen LogP contribution in [0.2, 0.25) is 0 Å². The van der Waals surface area contributed by atoms with Crippen molar-refractivity contribution in [3.8, 4) is 5.75 Å². The highest BCUT2D eigenvalue weighted by Gasteiger charge is 2.33. The average Bonchev–Trinajstić information content (AvgIpc) is 2.87. The van der Waals surface area contributed by atoms with Gasteiger partial charge in [-0.2, -0.15) is 0 Å². The Morgan fingerprint density at radius 3 is 2.59 bits per heavy atom. The topological polar surface area (TPSA) is 95.9 Å². The molecule has 1 aromatic carbocycles. The van der Waals surface area contributed by atoms with Gasteiger partial charge in [0, 0.05) is 25.2 Å². The third-order valence-electron chi connectivity index (χ3n) is 3.45. The number of carbonyl (C=O) groups excluding carboxylic acids is 2. The molecule has 1 saturated heterocycles. The van der Waals surface area contributed by atoms with E-state index in [9.17, 15) is 14.4 Å². The molecule has 1 heterocycles. The summed E-state index contributed by atoms with van der Waals surface area (Å²) in [6.07, 6.45) is 0.236. The van der Waals surface area contributed by atoms with Crippen LogP contribution in [0.15, 0.2) is 24.3 Å². The second-order valence-corrected chi connectivity index (χ2v) is 5.03. The van der Waals surface area contributed by atoms with Gasteiger partial charge in [-0.1, -0.05) is 0 Å². The smallest absolute Gasteiger partial charge is 0.341 e. The third kappa shape index (κ3) is 3.97. The first-order chi connectivity index (χ1) is 10.5. The van der Waals surface area contributed by atoms with Crippen LogP contribution in [0.4, 0.5) is 5.69 Å². The van der Waals surface area contributed by atoms with Crippen molar-refractivity contribution in [2.75, 3.05) is 25.0 Å². The van der Waals surface area contributed by atoms with Gasteiger partial charge in [0.25, 0.3) is 0 Å². The lowest BCUT2D eigenvalue weighted by atomic mass is 10.1. The normalized spacial score (nSPS) is 17.4. The number of ether oxygens (including phenoxy) is 1. The number of hydrogen-bond acceptors (Lipinski definition) is 4. The summed E-state index contributed by atoms with van der Waals surface area (Å²) in [5.74, 6) is -1.17. The standard InChI is InChI=1S/C15H18N2O5/c1-2-17-8-10(7-13(17)18)15(21)16-11-3-5-12(6-4-11)22-9-14(19)20/h3-6,10H,2,7-9H2,1H3,(H,16,21)(H,19,20). The lowest BCUT2D eigenvalue weighted by molar-refractivity contribution is -0.139. The van der Waals surface area contributed by atoms with E-state index in [0.29, 0.717) is 24.5 Å². The molecule has 1 atom stereocenters. The number of benzene rings is 1. The first-order valence-corrected chi connectivity index (χ1v) is 7.03. The number of nitrogens with zero attached hydrogens (tertiary/aromatic N) is 1. The highest BCUT2D eigenvalue weighted by atomic mass is 16.5. The number of carboxylic acids is 1. The predicted octanol–water partition coefficient (Wildman–Crippen LogP) is 0.957. The van der Waals surface area contributed by atoms with E-state index in [-0.39, 0.29) is 24.2 Å². The molecule has 1 unspecified atom stereocenters. The zero-order valence-electron chi connectivity index (χ0n) is 12.2. The van der Waals surface area contributed by atoms with Crippen LogP contribution in [-0.2, 0) is 14.4 Å². The molecule has 118 valence electrons. The van der Waals surface area contributed by atoms with Crippen molar-refractivity contribution in [1.82, 2.24) is 4.90 Å². The van der Waals surface area contributed by atoms with E-state index in [4.69, 9.17) is 9.84 Å². The summed E-state index contributed by atoms with van der Waals surface area (Å²) < 4.78 is 5.01. The number of hydrogen-bond donors (Lipinski definition) is 2. The maximum atomic E-state index is 12.1. The minimum atomic E-state index is -1.05. The fourth-order valence-corrected chi connectivity index (χ4v) is 2.28. The Morgan fingerprint density at radius 1 is 1.36 bits per heavy atom. The van der Waals surface area contributed by atoms with Gasteiger partial charge in [-0.15, -0.1) is 0 Å². The molecule has 22 heavy (non-hydrogen) atoms. The van der Waals surface area contributed by atoms with E-state index in [2.05, 4.69) is 5.32 Å². The quantitative estimate of drug-likeness (QED) is 0.816. The second kappa shape index (κ2) is 6.93. The number of anilines is 1. The molecule has 2 rings (SSSR count). The van der Waals surface area contributed by atoms with Crippen molar-refractivity contribution in [3.63, 3.8) is 0 Å². The van der Waals surface area contributed by atoms with E-state index in [1.54, 1.807) is 29.2 Å². The van der Waals surface area contributed by atoms with E-state index in [1.807, 2.05) is 6.92 Å². The van der Waals surface area contributed by atoms with E-state index in [0.717, 1.165) is 0 Å². The van der Waals surface area contributed by atoms with Gasteiger partial charge in [0.2, 0.25) is 11.8 Å². The second-order valence-electron chi connectivity index (χ2n) is 5.03. The number of nitrogens with one attached hydrogen (secondary N) is 1. The summed E-state index contributed by atoms with van der Waals surface area (Å²) in [5, 5.41) is 11.3. The Labute approximate surface area is 127 Å². The van der Waals surface area contributed by atoms with Gasteiger partial charge in [-0.25, -0.2) is 4.79 Å². The van der Waals surface area contributed by atoms with Gasteiger partial charge in [0.1, 0.15) is 5.75 Å². The molecular formula is C15H18N2O5. The molecule has 0 spiro atoms. The molecule has 0 saturated carbocycles. The molecule has 2 N–H and O–H groups in total. The number of rotatable bonds is 6. The summed E-state index contributed by atoms with van der Waals surface area (Å²) in [6, 6.07) is 6.42. The molecule has 0 aromatic heterocycles. The molecular weight excluding hydrogens is 288 g/mol. The van der Waals surface area contributed by atoms with Crippen LogP contribution in [0.25, 0.3) is 0 Å². The van der Waals surface area contributed by atoms with Gasteiger partial charge in [-0.3, -0.25) is 9.59 Å². The van der Waals surface area contributed by atoms with Crippen LogP contribution in [0.3, 0.4) is 0 Å². The number of aliphatic carboxylic acids is 1. The van der Waals surface area contributed by atoms with Gasteiger partial charge < -0.3 is 20.1 Å². The lowest BCUT2D eigenvalue weighted by Crippen LogP contribution is -2.28. The molecule has 0 radical (unpaired) electrons. The molecule has 1 aliphatic heterocycles. The first kappa shape index (κ1) is 15.8. The summed E-state index contributed by atoms with van der Waals surface area (Å²) in [6.45, 7) is 2.52. The largest absolute Gasteiger partial charge is 0.482 e. The maximum Gasteiger partial charge on any atom is 0.341 e. The van der Waals surface area contributed by atoms with Gasteiger partial charge >= 0.3 is 5.97 Å². The lowest BCUT2D eigenvalue weighted by Gasteiger charge is -2.13. The number of amides is 2. The summed E-state index contributed by atoms with van der Waals surface area (Å²) in [7, 11) is 0. The SMILES string of the molecule is CCN1CC(C(=O)Nc2ccc(OCC(=O)O)cc2)CC1=O. The molecule has 0 aliphatic carbocycles. The Hall–Kier alpha value is -2.57. The number of carbonyl (C=O) groups is 3. The Bertz CT molecular complexity index is 570. The molecule has 0 bridgehead atoms. The summed E-state index contributed by atoms with van der Waals surface area (Å²) in [5.41, 5.74) is 0.579. The van der Waals surface area contributed by atoms with Crippen molar-refractivity contribution in [1.29, 1.82) is 0 Å². The molecule has 1 aliphatic rings. The number of carboxylic acid groups (broad SMARTS) is 1. The van der Waals surface area contributed by atoms with E-state index >= 15 is 0 Å². The van der Waals surface area contributed by atoms with Crippen LogP contribution in [0.5, 0.6) is 5.75 Å². The van der Waals surface area contributed by atoms with Crippen LogP contribution in [0, 0.1) is 5.92 Å². The highest BCUT2D eigenvalue weighted by molar-refractivity contribution is 5.97. The Kier molecular flexibility index (Phi) is 4.98. The predicted molar refractivity (Wildman–Crippen MR) is 78.6 cm³/mol. The third-order valence-corrected chi connectivity index (χ3v) is 3.45. The van der Waals surface area contributed by atoms with Crippen LogP contribution < -0.4 is 10.1 Å². The molecule has 1 fully saturated rings. The fourth-order valence-electron chi connectivity index (χ4n) is 2.28. The van der Waals surface area contributed by atoms with Crippen LogP contribution in [-0.4, -0.2) is 47.5 Å². The van der Waals surface area contributed by atoms with Gasteiger partial charge in [0.05, 0.1) is 5.92 Å². The monoisotopic (exact) mass is 306 g/mol. The van der Waals surface area contributed by atoms with Crippen molar-refractivity contribution in [2.24, 2.45) is 5.92 Å². The van der Waals surface area contributed by atoms with E-state index < -0.39 is 12.6 Å². The van der Waals surface area contributed by atoms with E-state index in [1.165, 1.54) is 0 Å². The molecule has 7 nitrogen and oxygen atoms in total. The zero-order chi connectivity index (χ0) is 16.1. The summed E-state index contributed by atoms with van der Waals surface area (Å²) in [4.78, 5) is 35.8. The van der Waals surface area contributed by atoms with Crippen LogP contribution in [0.1, 0.15) is 13.3 Å². The maximum absolute atomic E-state index is 12.1. The molecule has 1 aromatic rings. The van der Waals surface area contributed by atoms with Crippen molar-refractivity contribution in [2.45, 2.75) is 13.3 Å². The highest BCUT2D eigenvalue weighted by Crippen LogP contribution is 2.21. The summed E-state index contributed by atoms with van der Waals surface area (Å²) >= 11 is 0. The Balaban J connectivity index is 1.89. The zero-order valence-corrected chi connectivity index (χ0v) is 12.2. The van der Waals surface area contributed by atoms with Gasteiger partial charge in [0.15, 0.2) is 6.61 Å². The first-order valence-electron chi connectivity index (χ1n) is 7.03. The average molecular weight is 306 g/mol. The van der Waals surface area contributed by atoms with Crippen molar-refractivity contribution < 1.29 is 24.2 Å². The minimum Gasteiger partial charge on any atom is -0.482 e. The number of likely N-dealkylation sites (tertiary alicyclic amines) is 1. The van der Waals surface area contributed by atoms with Crippen molar-refractivity contribution in [3.05, 3.63) is 24.3 Å². The van der Waals surface area contributed by atoms with Crippen LogP contribution >= 0.6 is 0 Å². The Morgan fingerprint density at radius 2 is 2.05 bits per heavy atom. The molecule has 7 heteroatoms. The van der Waals surface area contributed by atoms with Crippen molar-refractivity contribution >= 4 is 23.5 Å². The fraction of sp³-hybridized carbons (Fsp3) is 0.400. The van der Waals surface area contributed by atoms with Gasteiger partial charge in [-0.05, 0) is 31.2 Å².